The number of nitro groups is 1. The van der Waals surface area contributed by atoms with Gasteiger partial charge >= 0.3 is 0 Å². The Bertz CT molecular complexity index is 966. The van der Waals surface area contributed by atoms with Gasteiger partial charge in [0.2, 0.25) is 5.91 Å². The van der Waals surface area contributed by atoms with Gasteiger partial charge in [0.25, 0.3) is 11.6 Å². The van der Waals surface area contributed by atoms with Crippen molar-refractivity contribution in [3.63, 3.8) is 0 Å². The first-order chi connectivity index (χ1) is 13.7. The molecule has 29 heavy (non-hydrogen) atoms. The molecular formula is C19H18F3N3O4. The third-order valence-corrected chi connectivity index (χ3v) is 4.16. The van der Waals surface area contributed by atoms with Crippen LogP contribution in [0.4, 0.5) is 24.5 Å². The smallest absolute Gasteiger partial charge is 0.273 e. The lowest BCUT2D eigenvalue weighted by molar-refractivity contribution is -0.385. The van der Waals surface area contributed by atoms with Crippen LogP contribution in [0, 0.1) is 34.5 Å². The van der Waals surface area contributed by atoms with Crippen LogP contribution in [0.5, 0.6) is 0 Å². The van der Waals surface area contributed by atoms with E-state index in [1.165, 1.54) is 25.1 Å². The molecule has 7 nitrogen and oxygen atoms in total. The molecule has 154 valence electrons. The van der Waals surface area contributed by atoms with Crippen molar-refractivity contribution in [2.45, 2.75) is 20.3 Å². The van der Waals surface area contributed by atoms with Gasteiger partial charge in [0.15, 0.2) is 17.5 Å². The summed E-state index contributed by atoms with van der Waals surface area (Å²) in [5, 5.41) is 13.2. The second-order valence-electron chi connectivity index (χ2n) is 6.20. The highest BCUT2D eigenvalue weighted by Gasteiger charge is 2.24. The van der Waals surface area contributed by atoms with Gasteiger partial charge in [-0.2, -0.15) is 0 Å². The molecule has 0 heterocycles. The molecule has 0 aliphatic carbocycles. The molecule has 2 aromatic rings. The monoisotopic (exact) mass is 409 g/mol. The summed E-state index contributed by atoms with van der Waals surface area (Å²) in [4.78, 5) is 36.7. The van der Waals surface area contributed by atoms with Crippen LogP contribution in [0.2, 0.25) is 0 Å². The van der Waals surface area contributed by atoms with Crippen LogP contribution >= 0.6 is 0 Å². The van der Waals surface area contributed by atoms with Gasteiger partial charge in [-0.05, 0) is 31.5 Å². The number of halogens is 3. The minimum absolute atomic E-state index is 0.0551. The van der Waals surface area contributed by atoms with Gasteiger partial charge in [-0.3, -0.25) is 19.7 Å². The van der Waals surface area contributed by atoms with Gasteiger partial charge in [-0.25, -0.2) is 13.2 Å². The van der Waals surface area contributed by atoms with Crippen LogP contribution in [-0.4, -0.2) is 34.7 Å². The lowest BCUT2D eigenvalue weighted by Crippen LogP contribution is -2.39. The number of nitrogens with zero attached hydrogens (tertiary/aromatic N) is 2. The summed E-state index contributed by atoms with van der Waals surface area (Å²) in [6.45, 7) is 2.82. The summed E-state index contributed by atoms with van der Waals surface area (Å²) >= 11 is 0. The molecule has 0 aliphatic rings. The molecule has 2 aromatic carbocycles. The number of nitro benzene ring substituents is 1. The summed E-state index contributed by atoms with van der Waals surface area (Å²) in [7, 11) is 0. The minimum Gasteiger partial charge on any atom is -0.329 e. The Hall–Kier alpha value is -3.43. The van der Waals surface area contributed by atoms with E-state index in [1.807, 2.05) is 0 Å². The zero-order valence-corrected chi connectivity index (χ0v) is 15.7. The fourth-order valence-electron chi connectivity index (χ4n) is 2.73. The van der Waals surface area contributed by atoms with Gasteiger partial charge in [0.05, 0.1) is 10.6 Å². The summed E-state index contributed by atoms with van der Waals surface area (Å²) < 4.78 is 40.0. The first kappa shape index (κ1) is 21.9. The first-order valence-electron chi connectivity index (χ1n) is 8.64. The quantitative estimate of drug-likeness (QED) is 0.428. The number of rotatable bonds is 7. The van der Waals surface area contributed by atoms with Gasteiger partial charge < -0.3 is 10.2 Å². The van der Waals surface area contributed by atoms with E-state index in [2.05, 4.69) is 5.32 Å². The average Bonchev–Trinajstić information content (AvgIpc) is 2.67. The highest BCUT2D eigenvalue weighted by Crippen LogP contribution is 2.23. The molecule has 0 fully saturated rings. The van der Waals surface area contributed by atoms with E-state index >= 15 is 0 Å². The average molecular weight is 409 g/mol. The van der Waals surface area contributed by atoms with Gasteiger partial charge in [0, 0.05) is 23.7 Å². The molecule has 1 N–H and O–H groups in total. The molecule has 0 unspecified atom stereocenters. The van der Waals surface area contributed by atoms with Gasteiger partial charge in [-0.15, -0.1) is 0 Å². The van der Waals surface area contributed by atoms with Crippen molar-refractivity contribution in [2.24, 2.45) is 0 Å². The lowest BCUT2D eigenvalue weighted by Gasteiger charge is -2.22. The Morgan fingerprint density at radius 2 is 1.83 bits per heavy atom. The zero-order chi connectivity index (χ0) is 21.7. The third kappa shape index (κ3) is 4.89. The molecular weight excluding hydrogens is 391 g/mol. The van der Waals surface area contributed by atoms with Crippen molar-refractivity contribution in [1.29, 1.82) is 0 Å². The second kappa shape index (κ2) is 9.18. The molecule has 10 heteroatoms. The highest BCUT2D eigenvalue weighted by molar-refractivity contribution is 6.00. The van der Waals surface area contributed by atoms with E-state index in [0.717, 1.165) is 11.0 Å². The molecule has 0 radical (unpaired) electrons. The summed E-state index contributed by atoms with van der Waals surface area (Å²) in [6, 6.07) is 5.55. The standard InChI is InChI=1S/C19H18F3N3O4/c1-3-9-24(19(27)12-5-4-6-15(11(12)2)25(28)29)10-16(26)23-14-8-7-13(20)17(21)18(14)22/h4-8H,3,9-10H2,1-2H3,(H,23,26). The van der Waals surface area contributed by atoms with E-state index in [4.69, 9.17) is 0 Å². The molecule has 0 aliphatic heterocycles. The molecule has 0 saturated carbocycles. The van der Waals surface area contributed by atoms with Crippen molar-refractivity contribution in [1.82, 2.24) is 4.90 Å². The van der Waals surface area contributed by atoms with E-state index in [0.29, 0.717) is 12.5 Å². The van der Waals surface area contributed by atoms with Gasteiger partial charge in [-0.1, -0.05) is 13.0 Å². The Balaban J connectivity index is 2.23. The SMILES string of the molecule is CCCN(CC(=O)Nc1ccc(F)c(F)c1F)C(=O)c1cccc([N+](=O)[O-])c1C. The summed E-state index contributed by atoms with van der Waals surface area (Å²) in [5.74, 6) is -6.13. The van der Waals surface area contributed by atoms with E-state index in [1.54, 1.807) is 6.92 Å². The van der Waals surface area contributed by atoms with Gasteiger partial charge in [0.1, 0.15) is 6.54 Å². The molecule has 0 saturated heterocycles. The van der Waals surface area contributed by atoms with E-state index < -0.39 is 46.4 Å². The largest absolute Gasteiger partial charge is 0.329 e. The maximum atomic E-state index is 13.7. The predicted octanol–water partition coefficient (Wildman–Crippen LogP) is 3.81. The zero-order valence-electron chi connectivity index (χ0n) is 15.7. The molecule has 2 rings (SSSR count). The summed E-state index contributed by atoms with van der Waals surface area (Å²) in [6.07, 6.45) is 0.479. The number of hydrogen-bond acceptors (Lipinski definition) is 4. The number of nitrogens with one attached hydrogen (secondary N) is 1. The molecule has 0 atom stereocenters. The van der Waals surface area contributed by atoms with Crippen LogP contribution in [0.25, 0.3) is 0 Å². The molecule has 0 spiro atoms. The number of anilines is 1. The van der Waals surface area contributed by atoms with Crippen molar-refractivity contribution >= 4 is 23.2 Å². The molecule has 0 bridgehead atoms. The van der Waals surface area contributed by atoms with Crippen molar-refractivity contribution in [3.05, 3.63) is 69.0 Å². The van der Waals surface area contributed by atoms with E-state index in [-0.39, 0.29) is 23.4 Å². The number of carbonyl (C=O) groups is 2. The number of amides is 2. The fraction of sp³-hybridized carbons (Fsp3) is 0.263. The van der Waals surface area contributed by atoms with Crippen LogP contribution in [0.3, 0.4) is 0 Å². The Labute approximate surface area is 164 Å². The van der Waals surface area contributed by atoms with Crippen molar-refractivity contribution in [3.8, 4) is 0 Å². The van der Waals surface area contributed by atoms with Crippen LogP contribution in [-0.2, 0) is 4.79 Å². The minimum atomic E-state index is -1.73. The predicted molar refractivity (Wildman–Crippen MR) is 99.0 cm³/mol. The Morgan fingerprint density at radius 1 is 1.14 bits per heavy atom. The van der Waals surface area contributed by atoms with Crippen molar-refractivity contribution < 1.29 is 27.7 Å². The van der Waals surface area contributed by atoms with E-state index in [9.17, 15) is 32.9 Å². The Morgan fingerprint density at radius 3 is 2.45 bits per heavy atom. The third-order valence-electron chi connectivity index (χ3n) is 4.16. The number of benzene rings is 2. The highest BCUT2D eigenvalue weighted by atomic mass is 19.2. The van der Waals surface area contributed by atoms with Crippen LogP contribution in [0.1, 0.15) is 29.3 Å². The molecule has 0 aromatic heterocycles. The summed E-state index contributed by atoms with van der Waals surface area (Å²) in [5.41, 5.74) is -0.597. The topological polar surface area (TPSA) is 92.6 Å². The first-order valence-corrected chi connectivity index (χ1v) is 8.64. The van der Waals surface area contributed by atoms with Crippen LogP contribution in [0.15, 0.2) is 30.3 Å². The van der Waals surface area contributed by atoms with Crippen molar-refractivity contribution in [2.75, 3.05) is 18.4 Å². The second-order valence-corrected chi connectivity index (χ2v) is 6.20. The Kier molecular flexibility index (Phi) is 6.92. The number of carbonyl (C=O) groups excluding carboxylic acids is 2. The normalized spacial score (nSPS) is 10.5. The maximum Gasteiger partial charge on any atom is 0.273 e. The number of hydrogen-bond donors (Lipinski definition) is 1. The molecule has 2 amide bonds. The van der Waals surface area contributed by atoms with Crippen LogP contribution < -0.4 is 5.32 Å². The fourth-order valence-corrected chi connectivity index (χ4v) is 2.73. The maximum absolute atomic E-state index is 13.7. The lowest BCUT2D eigenvalue weighted by atomic mass is 10.1.